The van der Waals surface area contributed by atoms with E-state index >= 15 is 0 Å². The quantitative estimate of drug-likeness (QED) is 0.0900. The summed E-state index contributed by atoms with van der Waals surface area (Å²) in [4.78, 5) is 180. The first-order valence-corrected chi connectivity index (χ1v) is 42.4. The van der Waals surface area contributed by atoms with Gasteiger partial charge in [-0.3, -0.25) is 0 Å². The second kappa shape index (κ2) is 32.9. The Labute approximate surface area is 806 Å². The first-order valence-electron chi connectivity index (χ1n) is 42.4. The molecule has 15 heterocycles. The second-order valence-electron chi connectivity index (χ2n) is 32.2. The van der Waals surface area contributed by atoms with E-state index in [2.05, 4.69) is 29.9 Å². The molecule has 6 aliphatic heterocycles. The van der Waals surface area contributed by atoms with Crippen molar-refractivity contribution in [3.05, 3.63) is 288 Å². The summed E-state index contributed by atoms with van der Waals surface area (Å²) in [6.07, 6.45) is 0. The molecule has 38 heteroatoms. The zero-order valence-corrected chi connectivity index (χ0v) is 75.7. The molecule has 0 amide bonds. The molecule has 24 bridgehead atoms. The van der Waals surface area contributed by atoms with Crippen molar-refractivity contribution in [3.8, 4) is 137 Å². The minimum absolute atomic E-state index is 0. The number of aromatic carboxylic acids is 6. The van der Waals surface area contributed by atoms with Crippen molar-refractivity contribution < 1.29 is 99.6 Å². The number of H-pyrrole nitrogens is 6. The third-order valence-electron chi connectivity index (χ3n) is 24.4. The standard InChI is InChI=1S/3C34H18N8O4.2Ir/c3*43-33(44)22-14-13-21-23(24(22)34(45)46)32-41-30-20-12-6-5-11-19(20)28(39-30)37-26-16-8-2-1-7-15(16)25(35-26)36-27-17-9-3-4-10-18(17)29(38-27)40-31(21)42-32;;/h3*1-14H,(H,43,44)(H,45,46)(H2,35,36,37,38,39,40,41,42);;/q;;;2*+3/p-6. The number of carboxylic acid groups (broad SMARTS) is 6. The third-order valence-corrected chi connectivity index (χ3v) is 24.4. The van der Waals surface area contributed by atoms with Crippen LogP contribution in [-0.2, 0) is 40.2 Å². The molecular formula is C102H48Ir2N24O12. The van der Waals surface area contributed by atoms with Gasteiger partial charge in [0.2, 0.25) is 0 Å². The summed E-state index contributed by atoms with van der Waals surface area (Å²) in [6.45, 7) is 0. The van der Waals surface area contributed by atoms with Crippen LogP contribution < -0.4 is 30.6 Å². The average Bonchev–Trinajstić information content (AvgIpc) is 1.59. The molecule has 21 aromatic rings. The number of benzene rings is 12. The van der Waals surface area contributed by atoms with Crippen LogP contribution in [0.2, 0.25) is 0 Å². The Morgan fingerprint density at radius 1 is 0.157 bits per heavy atom. The molecule has 6 N–H and O–H groups in total. The van der Waals surface area contributed by atoms with Gasteiger partial charge in [0.05, 0.1) is 35.8 Å². The van der Waals surface area contributed by atoms with E-state index in [0.717, 1.165) is 67.2 Å². The number of aromatic nitrogens is 24. The van der Waals surface area contributed by atoms with E-state index in [0.29, 0.717) is 136 Å². The van der Waals surface area contributed by atoms with Crippen LogP contribution in [0.4, 0.5) is 0 Å². The summed E-state index contributed by atoms with van der Waals surface area (Å²) >= 11 is 0. The number of rotatable bonds is 6. The maximum absolute atomic E-state index is 12.5. The van der Waals surface area contributed by atoms with E-state index in [4.69, 9.17) is 89.7 Å². The van der Waals surface area contributed by atoms with Crippen LogP contribution in [0.15, 0.2) is 255 Å². The molecular weight excluding hydrogens is 2140 g/mol. The molecule has 0 spiro atoms. The average molecular weight is 2190 g/mol. The van der Waals surface area contributed by atoms with E-state index in [1.54, 1.807) is 0 Å². The molecule has 0 radical (unpaired) electrons. The Balaban J connectivity index is 0.000000116. The van der Waals surface area contributed by atoms with Crippen LogP contribution in [0.5, 0.6) is 0 Å². The van der Waals surface area contributed by atoms with Crippen LogP contribution in [0.3, 0.4) is 0 Å². The zero-order valence-electron chi connectivity index (χ0n) is 70.9. The fraction of sp³-hybridized carbons (Fsp3) is 0. The first-order chi connectivity index (χ1) is 67.3. The van der Waals surface area contributed by atoms with Gasteiger partial charge in [-0.25, -0.2) is 89.7 Å². The number of aromatic amines is 6. The molecule has 0 saturated carbocycles. The third kappa shape index (κ3) is 13.7. The number of carbonyl (C=O) groups is 6. The van der Waals surface area contributed by atoms with Gasteiger partial charge in [0.25, 0.3) is 0 Å². The predicted molar refractivity (Wildman–Crippen MR) is 494 cm³/mol. The van der Waals surface area contributed by atoms with E-state index in [-0.39, 0.29) is 124 Å². The number of nitrogens with one attached hydrogen (secondary N) is 6. The number of nitrogens with zero attached hydrogens (tertiary/aromatic N) is 18. The fourth-order valence-corrected chi connectivity index (χ4v) is 18.3. The van der Waals surface area contributed by atoms with Gasteiger partial charge in [0.1, 0.15) is 67.8 Å². The molecule has 9 aromatic heterocycles. The number of hydrogen-bond donors (Lipinski definition) is 6. The minimum atomic E-state index is -1.71. The fourth-order valence-electron chi connectivity index (χ4n) is 18.3. The van der Waals surface area contributed by atoms with Gasteiger partial charge in [-0.05, 0) is 18.2 Å². The SMILES string of the molecule is O=C([O-])c1ccc2c3nc4nc(nc5[nH]c(nc6nc(nc([nH]3)c2c1C(=O)[O-])-c1ccccc1-6)c1ccccc51)-c1ccccc1-4.O=C([O-])c1ccc2c3nc4nc(nc5[nH]c(nc6nc(nc([nH]3)c2c1C(=O)[O-])-c1ccccc1-6)c1ccccc51)-c1ccccc1-4.O=C([O-])c1ccc2c3nc4nc(nc5[nH]c(nc6nc(nc([nH]3)c2c1C(=O)[O-])-c1ccccc1-6)c1ccccc51)-c1ccccc1-4.[Ir+3].[Ir+3]. The van der Waals surface area contributed by atoms with Crippen molar-refractivity contribution >= 4 is 168 Å². The van der Waals surface area contributed by atoms with Gasteiger partial charge in [0.15, 0.2) is 69.9 Å². The molecule has 27 rings (SSSR count). The van der Waals surface area contributed by atoms with Gasteiger partial charge in [-0.2, -0.15) is 0 Å². The van der Waals surface area contributed by atoms with Gasteiger partial charge >= 0.3 is 40.2 Å². The van der Waals surface area contributed by atoms with Crippen LogP contribution >= 0.6 is 0 Å². The molecule has 0 unspecified atom stereocenters. The van der Waals surface area contributed by atoms with Crippen LogP contribution in [-0.4, -0.2) is 155 Å². The predicted octanol–water partition coefficient (Wildman–Crippen LogP) is 10.8. The van der Waals surface area contributed by atoms with E-state index in [1.165, 1.54) is 18.2 Å². The maximum atomic E-state index is 12.5. The molecule has 6 aliphatic rings. The minimum Gasteiger partial charge on any atom is -0.545 e. The summed E-state index contributed by atoms with van der Waals surface area (Å²) in [7, 11) is 0. The van der Waals surface area contributed by atoms with E-state index in [9.17, 15) is 59.4 Å². The van der Waals surface area contributed by atoms with Crippen molar-refractivity contribution in [2.75, 3.05) is 0 Å². The van der Waals surface area contributed by atoms with E-state index in [1.807, 2.05) is 218 Å². The molecule has 0 fully saturated rings. The van der Waals surface area contributed by atoms with Gasteiger partial charge in [-0.15, -0.1) is 0 Å². The number of fused-ring (bicyclic) bond motifs is 60. The van der Waals surface area contributed by atoms with Crippen LogP contribution in [0.1, 0.15) is 62.1 Å². The molecule has 666 valence electrons. The Morgan fingerprint density at radius 2 is 0.293 bits per heavy atom. The summed E-state index contributed by atoms with van der Waals surface area (Å²) in [5.41, 5.74) is 8.87. The maximum Gasteiger partial charge on any atom is 3.00 e. The normalized spacial score (nSPS) is 11.7. The largest absolute Gasteiger partial charge is 3.00 e. The molecule has 0 aliphatic carbocycles. The first kappa shape index (κ1) is 85.1. The van der Waals surface area contributed by atoms with Gasteiger partial charge < -0.3 is 89.3 Å². The van der Waals surface area contributed by atoms with Crippen molar-refractivity contribution in [1.82, 2.24) is 120 Å². The Kier molecular flexibility index (Phi) is 20.0. The summed E-state index contributed by atoms with van der Waals surface area (Å²) in [5.74, 6) is -6.14. The molecule has 0 saturated heterocycles. The van der Waals surface area contributed by atoms with Gasteiger partial charge in [0, 0.05) is 165 Å². The number of hydrogen-bond acceptors (Lipinski definition) is 30. The van der Waals surface area contributed by atoms with Crippen LogP contribution in [0.25, 0.3) is 269 Å². The van der Waals surface area contributed by atoms with Crippen molar-refractivity contribution in [3.63, 3.8) is 0 Å². The summed E-state index contributed by atoms with van der Waals surface area (Å²) < 4.78 is 0. The molecule has 140 heavy (non-hydrogen) atoms. The van der Waals surface area contributed by atoms with Crippen molar-refractivity contribution in [1.29, 1.82) is 0 Å². The van der Waals surface area contributed by atoms with E-state index < -0.39 is 69.2 Å². The smallest absolute Gasteiger partial charge is 0.545 e. The summed E-state index contributed by atoms with van der Waals surface area (Å²) in [5, 5.41) is 79.2. The van der Waals surface area contributed by atoms with Crippen molar-refractivity contribution in [2.24, 2.45) is 0 Å². The number of carbonyl (C=O) groups excluding carboxylic acids is 6. The molecule has 12 aromatic carbocycles. The monoisotopic (exact) mass is 2190 g/mol. The molecule has 0 atom stereocenters. The molecule has 36 nitrogen and oxygen atoms in total. The topological polar surface area (TPSA) is 568 Å². The summed E-state index contributed by atoms with van der Waals surface area (Å²) in [6, 6.07) is 75.5. The Hall–Kier alpha value is -19.2. The van der Waals surface area contributed by atoms with Gasteiger partial charge in [-0.1, -0.05) is 237 Å². The number of carboxylic acids is 6. The Morgan fingerprint density at radius 3 is 0.443 bits per heavy atom. The van der Waals surface area contributed by atoms with Crippen molar-refractivity contribution in [2.45, 2.75) is 0 Å². The zero-order chi connectivity index (χ0) is 93.3. The Bertz CT molecular complexity index is 8910. The second-order valence-corrected chi connectivity index (χ2v) is 32.2. The van der Waals surface area contributed by atoms with Crippen LogP contribution in [0, 0.1) is 0 Å².